The molecule has 27 heavy (non-hydrogen) atoms. The molecule has 2 amide bonds. The van der Waals surface area contributed by atoms with E-state index in [-0.39, 0.29) is 24.2 Å². The number of rotatable bonds is 9. The van der Waals surface area contributed by atoms with Crippen LogP contribution >= 0.6 is 0 Å². The van der Waals surface area contributed by atoms with Gasteiger partial charge in [0.15, 0.2) is 0 Å². The highest BCUT2D eigenvalue weighted by molar-refractivity contribution is 6.01. The molecule has 0 saturated carbocycles. The Morgan fingerprint density at radius 1 is 1.26 bits per heavy atom. The maximum absolute atomic E-state index is 12.5. The molecule has 6 nitrogen and oxygen atoms in total. The Morgan fingerprint density at radius 3 is 2.56 bits per heavy atom. The summed E-state index contributed by atoms with van der Waals surface area (Å²) in [5.41, 5.74) is 3.15. The molecular formula is C21H34N4O2. The summed E-state index contributed by atoms with van der Waals surface area (Å²) in [4.78, 5) is 31.1. The van der Waals surface area contributed by atoms with Crippen LogP contribution in [0.2, 0.25) is 0 Å². The molecule has 0 radical (unpaired) electrons. The topological polar surface area (TPSA) is 55.9 Å². The molecular weight excluding hydrogens is 340 g/mol. The van der Waals surface area contributed by atoms with E-state index in [9.17, 15) is 9.59 Å². The van der Waals surface area contributed by atoms with E-state index in [4.69, 9.17) is 0 Å². The van der Waals surface area contributed by atoms with E-state index in [2.05, 4.69) is 41.1 Å². The lowest BCUT2D eigenvalue weighted by Gasteiger charge is -2.24. The Balaban J connectivity index is 1.99. The van der Waals surface area contributed by atoms with Crippen LogP contribution in [0.3, 0.4) is 0 Å². The number of anilines is 2. The van der Waals surface area contributed by atoms with Crippen molar-refractivity contribution < 1.29 is 9.59 Å². The predicted molar refractivity (Wildman–Crippen MR) is 111 cm³/mol. The van der Waals surface area contributed by atoms with Gasteiger partial charge in [0.05, 0.1) is 5.92 Å². The van der Waals surface area contributed by atoms with Gasteiger partial charge in [-0.25, -0.2) is 0 Å². The first-order valence-electron chi connectivity index (χ1n) is 9.95. The Bertz CT molecular complexity index is 656. The van der Waals surface area contributed by atoms with E-state index in [0.29, 0.717) is 13.1 Å². The van der Waals surface area contributed by atoms with Gasteiger partial charge >= 0.3 is 0 Å². The Hall–Kier alpha value is -2.08. The van der Waals surface area contributed by atoms with Crippen molar-refractivity contribution >= 4 is 23.2 Å². The first-order chi connectivity index (χ1) is 12.9. The van der Waals surface area contributed by atoms with Crippen LogP contribution in [0.1, 0.15) is 32.3 Å². The molecule has 0 aliphatic carbocycles. The van der Waals surface area contributed by atoms with E-state index >= 15 is 0 Å². The molecule has 1 unspecified atom stereocenters. The van der Waals surface area contributed by atoms with Gasteiger partial charge in [-0.3, -0.25) is 9.59 Å². The fourth-order valence-corrected chi connectivity index (χ4v) is 3.60. The highest BCUT2D eigenvalue weighted by atomic mass is 16.2. The summed E-state index contributed by atoms with van der Waals surface area (Å²) >= 11 is 0. The van der Waals surface area contributed by atoms with Gasteiger partial charge in [0.1, 0.15) is 0 Å². The van der Waals surface area contributed by atoms with Crippen molar-refractivity contribution in [2.45, 2.75) is 33.6 Å². The normalized spacial score (nSPS) is 16.9. The lowest BCUT2D eigenvalue weighted by Crippen LogP contribution is -2.34. The average molecular weight is 375 g/mol. The number of carbonyl (C=O) groups excluding carboxylic acids is 2. The zero-order chi connectivity index (χ0) is 20.0. The van der Waals surface area contributed by atoms with Crippen LogP contribution in [0, 0.1) is 12.8 Å². The second kappa shape index (κ2) is 9.74. The summed E-state index contributed by atoms with van der Waals surface area (Å²) in [6.45, 7) is 10.3. The second-order valence-corrected chi connectivity index (χ2v) is 7.50. The fraction of sp³-hybridized carbons (Fsp3) is 0.619. The average Bonchev–Trinajstić information content (AvgIpc) is 3.01. The van der Waals surface area contributed by atoms with Crippen molar-refractivity contribution in [3.8, 4) is 0 Å². The van der Waals surface area contributed by atoms with Gasteiger partial charge < -0.3 is 20.0 Å². The molecule has 1 N–H and O–H groups in total. The highest BCUT2D eigenvalue weighted by Gasteiger charge is 2.35. The molecule has 1 fully saturated rings. The summed E-state index contributed by atoms with van der Waals surface area (Å²) in [6, 6.07) is 6.21. The first kappa shape index (κ1) is 21.2. The van der Waals surface area contributed by atoms with Gasteiger partial charge in [-0.05, 0) is 71.6 Å². The molecule has 1 aliphatic heterocycles. The van der Waals surface area contributed by atoms with E-state index in [1.54, 1.807) is 4.90 Å². The summed E-state index contributed by atoms with van der Waals surface area (Å²) in [6.07, 6.45) is 1.20. The SMILES string of the molecule is CCN(CC)c1ccc(N2CC(C(=O)NCCCN(C)C)CC2=O)c(C)c1. The number of amides is 2. The number of nitrogens with zero attached hydrogens (tertiary/aromatic N) is 3. The zero-order valence-corrected chi connectivity index (χ0v) is 17.4. The third kappa shape index (κ3) is 5.45. The van der Waals surface area contributed by atoms with Gasteiger partial charge in [0, 0.05) is 44.0 Å². The highest BCUT2D eigenvalue weighted by Crippen LogP contribution is 2.30. The Labute approximate surface area is 163 Å². The van der Waals surface area contributed by atoms with Crippen LogP contribution in [0.25, 0.3) is 0 Å². The summed E-state index contributed by atoms with van der Waals surface area (Å²) in [5, 5.41) is 2.98. The maximum Gasteiger partial charge on any atom is 0.227 e. The minimum absolute atomic E-state index is 0.0120. The number of benzene rings is 1. The number of carbonyl (C=O) groups is 2. The molecule has 1 aromatic carbocycles. The van der Waals surface area contributed by atoms with Crippen LogP contribution in [-0.4, -0.2) is 63.5 Å². The molecule has 150 valence electrons. The van der Waals surface area contributed by atoms with E-state index < -0.39 is 0 Å². The van der Waals surface area contributed by atoms with Crippen LogP contribution in [0.15, 0.2) is 18.2 Å². The monoisotopic (exact) mass is 374 g/mol. The zero-order valence-electron chi connectivity index (χ0n) is 17.4. The molecule has 2 rings (SSSR count). The molecule has 0 spiro atoms. The van der Waals surface area contributed by atoms with Crippen molar-refractivity contribution in [2.75, 3.05) is 56.6 Å². The quantitative estimate of drug-likeness (QED) is 0.674. The molecule has 6 heteroatoms. The third-order valence-corrected chi connectivity index (χ3v) is 5.18. The Kier molecular flexibility index (Phi) is 7.66. The molecule has 1 atom stereocenters. The molecule has 1 aromatic rings. The van der Waals surface area contributed by atoms with Gasteiger partial charge in [-0.1, -0.05) is 0 Å². The van der Waals surface area contributed by atoms with Crippen molar-refractivity contribution in [2.24, 2.45) is 5.92 Å². The standard InChI is InChI=1S/C21H34N4O2/c1-6-24(7-2)18-9-10-19(16(3)13-18)25-15-17(14-20(25)26)21(27)22-11-8-12-23(4)5/h9-10,13,17H,6-8,11-12,14-15H2,1-5H3,(H,22,27). The summed E-state index contributed by atoms with van der Waals surface area (Å²) in [7, 11) is 4.03. The number of hydrogen-bond acceptors (Lipinski definition) is 4. The van der Waals surface area contributed by atoms with Crippen molar-refractivity contribution in [1.29, 1.82) is 0 Å². The van der Waals surface area contributed by atoms with Gasteiger partial charge in [0.2, 0.25) is 11.8 Å². The van der Waals surface area contributed by atoms with Crippen LogP contribution in [0.5, 0.6) is 0 Å². The molecule has 1 heterocycles. The van der Waals surface area contributed by atoms with Gasteiger partial charge in [-0.15, -0.1) is 0 Å². The van der Waals surface area contributed by atoms with Crippen molar-refractivity contribution in [3.63, 3.8) is 0 Å². The predicted octanol–water partition coefficient (Wildman–Crippen LogP) is 2.26. The van der Waals surface area contributed by atoms with Gasteiger partial charge in [0.25, 0.3) is 0 Å². The van der Waals surface area contributed by atoms with Crippen LogP contribution < -0.4 is 15.1 Å². The van der Waals surface area contributed by atoms with E-state index in [1.807, 2.05) is 27.1 Å². The third-order valence-electron chi connectivity index (χ3n) is 5.18. The first-order valence-corrected chi connectivity index (χ1v) is 9.95. The summed E-state index contributed by atoms with van der Waals surface area (Å²) < 4.78 is 0. The fourth-order valence-electron chi connectivity index (χ4n) is 3.60. The molecule has 1 aliphatic rings. The lowest BCUT2D eigenvalue weighted by atomic mass is 10.1. The van der Waals surface area contributed by atoms with Crippen molar-refractivity contribution in [1.82, 2.24) is 10.2 Å². The maximum atomic E-state index is 12.5. The smallest absolute Gasteiger partial charge is 0.227 e. The van der Waals surface area contributed by atoms with Crippen LogP contribution in [-0.2, 0) is 9.59 Å². The van der Waals surface area contributed by atoms with E-state index in [0.717, 1.165) is 37.3 Å². The minimum atomic E-state index is -0.265. The molecule has 0 bridgehead atoms. The van der Waals surface area contributed by atoms with Crippen molar-refractivity contribution in [3.05, 3.63) is 23.8 Å². The number of aryl methyl sites for hydroxylation is 1. The largest absolute Gasteiger partial charge is 0.372 e. The Morgan fingerprint density at radius 2 is 1.96 bits per heavy atom. The molecule has 0 aromatic heterocycles. The number of hydrogen-bond donors (Lipinski definition) is 1. The minimum Gasteiger partial charge on any atom is -0.372 e. The summed E-state index contributed by atoms with van der Waals surface area (Å²) in [5.74, 6) is -0.247. The molecule has 1 saturated heterocycles. The van der Waals surface area contributed by atoms with Gasteiger partial charge in [-0.2, -0.15) is 0 Å². The van der Waals surface area contributed by atoms with Crippen LogP contribution in [0.4, 0.5) is 11.4 Å². The second-order valence-electron chi connectivity index (χ2n) is 7.50. The number of nitrogens with one attached hydrogen (secondary N) is 1. The van der Waals surface area contributed by atoms with E-state index in [1.165, 1.54) is 5.69 Å². The lowest BCUT2D eigenvalue weighted by molar-refractivity contribution is -0.126.